The molecule has 3 aromatic rings. The highest BCUT2D eigenvalue weighted by molar-refractivity contribution is 5.93. The smallest absolute Gasteiger partial charge is 0.223 e. The molecule has 6 nitrogen and oxygen atoms in total. The Kier molecular flexibility index (Phi) is 5.60. The zero-order valence-electron chi connectivity index (χ0n) is 18.3. The lowest BCUT2D eigenvalue weighted by molar-refractivity contribution is -0.116. The number of benzene rings is 1. The van der Waals surface area contributed by atoms with Gasteiger partial charge in [0.2, 0.25) is 5.91 Å². The van der Waals surface area contributed by atoms with Crippen molar-refractivity contribution >= 4 is 22.6 Å². The van der Waals surface area contributed by atoms with Crippen molar-refractivity contribution < 1.29 is 9.53 Å². The summed E-state index contributed by atoms with van der Waals surface area (Å²) in [6.45, 7) is 8.49. The Hall–Kier alpha value is -2.73. The van der Waals surface area contributed by atoms with Gasteiger partial charge in [0.05, 0.1) is 22.1 Å². The van der Waals surface area contributed by atoms with E-state index in [2.05, 4.69) is 35.5 Å². The predicted octanol–water partition coefficient (Wildman–Crippen LogP) is 4.17. The quantitative estimate of drug-likeness (QED) is 0.638. The molecule has 0 saturated carbocycles. The van der Waals surface area contributed by atoms with Gasteiger partial charge in [0.15, 0.2) is 0 Å². The van der Waals surface area contributed by atoms with Crippen LogP contribution in [0.5, 0.6) is 0 Å². The summed E-state index contributed by atoms with van der Waals surface area (Å²) in [6, 6.07) is 12.1. The van der Waals surface area contributed by atoms with Gasteiger partial charge in [0.1, 0.15) is 5.82 Å². The standard InChI is InChI=1S/C24H30N4O2/c1-17(29)27(4)19-8-9-21-20(15-19)26-23(24(2,3)22-7-5-6-12-25-22)28(21)16-18-10-13-30-14-11-18/h5-9,12,15,18H,10-11,13-14,16H2,1-4H3. The van der Waals surface area contributed by atoms with Crippen molar-refractivity contribution in [2.75, 3.05) is 25.2 Å². The van der Waals surface area contributed by atoms with Crippen LogP contribution in [0.1, 0.15) is 45.1 Å². The number of hydrogen-bond acceptors (Lipinski definition) is 4. The summed E-state index contributed by atoms with van der Waals surface area (Å²) in [5.74, 6) is 1.57. The van der Waals surface area contributed by atoms with Crippen LogP contribution >= 0.6 is 0 Å². The lowest BCUT2D eigenvalue weighted by atomic mass is 9.87. The van der Waals surface area contributed by atoms with Crippen LogP contribution in [0.15, 0.2) is 42.6 Å². The van der Waals surface area contributed by atoms with Gasteiger partial charge in [0, 0.05) is 45.6 Å². The fourth-order valence-electron chi connectivity index (χ4n) is 4.20. The maximum atomic E-state index is 11.8. The van der Waals surface area contributed by atoms with Gasteiger partial charge in [-0.3, -0.25) is 9.78 Å². The third-order valence-electron chi connectivity index (χ3n) is 6.24. The molecule has 1 saturated heterocycles. The second-order valence-corrected chi connectivity index (χ2v) is 8.69. The van der Waals surface area contributed by atoms with Crippen LogP contribution < -0.4 is 4.90 Å². The molecule has 1 amide bonds. The van der Waals surface area contributed by atoms with Crippen molar-refractivity contribution in [3.8, 4) is 0 Å². The molecule has 0 aliphatic carbocycles. The summed E-state index contributed by atoms with van der Waals surface area (Å²) in [7, 11) is 1.79. The number of nitrogens with zero attached hydrogens (tertiary/aromatic N) is 4. The van der Waals surface area contributed by atoms with Crippen LogP contribution in [0.25, 0.3) is 11.0 Å². The number of ether oxygens (including phenoxy) is 1. The highest BCUT2D eigenvalue weighted by Crippen LogP contribution is 2.34. The molecule has 0 N–H and O–H groups in total. The molecule has 0 bridgehead atoms. The van der Waals surface area contributed by atoms with Crippen molar-refractivity contribution in [1.82, 2.24) is 14.5 Å². The highest BCUT2D eigenvalue weighted by Gasteiger charge is 2.32. The van der Waals surface area contributed by atoms with E-state index in [-0.39, 0.29) is 11.3 Å². The van der Waals surface area contributed by atoms with E-state index in [4.69, 9.17) is 9.72 Å². The number of pyridine rings is 1. The van der Waals surface area contributed by atoms with Crippen molar-refractivity contribution in [3.63, 3.8) is 0 Å². The van der Waals surface area contributed by atoms with Gasteiger partial charge >= 0.3 is 0 Å². The minimum Gasteiger partial charge on any atom is -0.381 e. The van der Waals surface area contributed by atoms with Crippen LogP contribution in [0.3, 0.4) is 0 Å². The van der Waals surface area contributed by atoms with Gasteiger partial charge in [0.25, 0.3) is 0 Å². The number of rotatable bonds is 5. The monoisotopic (exact) mass is 406 g/mol. The zero-order valence-corrected chi connectivity index (χ0v) is 18.3. The lowest BCUT2D eigenvalue weighted by Crippen LogP contribution is -2.28. The predicted molar refractivity (Wildman–Crippen MR) is 119 cm³/mol. The average molecular weight is 407 g/mol. The first-order chi connectivity index (χ1) is 14.4. The van der Waals surface area contributed by atoms with E-state index in [1.807, 2.05) is 30.5 Å². The lowest BCUT2D eigenvalue weighted by Gasteiger charge is -2.28. The fourth-order valence-corrected chi connectivity index (χ4v) is 4.20. The summed E-state index contributed by atoms with van der Waals surface area (Å²) in [5.41, 5.74) is 3.51. The first-order valence-corrected chi connectivity index (χ1v) is 10.6. The van der Waals surface area contributed by atoms with Crippen LogP contribution in [0, 0.1) is 5.92 Å². The van der Waals surface area contributed by atoms with Crippen molar-refractivity contribution in [3.05, 3.63) is 54.1 Å². The normalized spacial score (nSPS) is 15.5. The Morgan fingerprint density at radius 1 is 1.23 bits per heavy atom. The van der Waals surface area contributed by atoms with E-state index >= 15 is 0 Å². The number of hydrogen-bond donors (Lipinski definition) is 0. The average Bonchev–Trinajstić information content (AvgIpc) is 3.13. The molecule has 1 aliphatic rings. The molecular formula is C24H30N4O2. The molecule has 4 rings (SSSR count). The largest absolute Gasteiger partial charge is 0.381 e. The number of amides is 1. The topological polar surface area (TPSA) is 60.2 Å². The van der Waals surface area contributed by atoms with Gasteiger partial charge in [-0.05, 0) is 62.9 Å². The molecule has 2 aromatic heterocycles. The minimum absolute atomic E-state index is 0.00465. The number of carbonyl (C=O) groups is 1. The number of imidazole rings is 1. The summed E-state index contributed by atoms with van der Waals surface area (Å²) >= 11 is 0. The van der Waals surface area contributed by atoms with E-state index < -0.39 is 0 Å². The molecule has 1 fully saturated rings. The zero-order chi connectivity index (χ0) is 21.3. The number of aromatic nitrogens is 3. The first kappa shape index (κ1) is 20.5. The molecule has 0 radical (unpaired) electrons. The van der Waals surface area contributed by atoms with Crippen LogP contribution in [0.2, 0.25) is 0 Å². The van der Waals surface area contributed by atoms with Crippen LogP contribution in [0.4, 0.5) is 5.69 Å². The molecule has 158 valence electrons. The highest BCUT2D eigenvalue weighted by atomic mass is 16.5. The van der Waals surface area contributed by atoms with Crippen LogP contribution in [-0.2, 0) is 21.5 Å². The number of fused-ring (bicyclic) bond motifs is 1. The van der Waals surface area contributed by atoms with Crippen molar-refractivity contribution in [1.29, 1.82) is 0 Å². The molecule has 30 heavy (non-hydrogen) atoms. The molecule has 0 spiro atoms. The second kappa shape index (κ2) is 8.19. The maximum absolute atomic E-state index is 11.8. The summed E-state index contributed by atoms with van der Waals surface area (Å²) < 4.78 is 7.92. The maximum Gasteiger partial charge on any atom is 0.223 e. The van der Waals surface area contributed by atoms with E-state index in [1.165, 1.54) is 0 Å². The summed E-state index contributed by atoms with van der Waals surface area (Å²) in [6.07, 6.45) is 3.96. The Balaban J connectivity index is 1.83. The summed E-state index contributed by atoms with van der Waals surface area (Å²) in [5, 5.41) is 0. The molecule has 1 aromatic carbocycles. The Bertz CT molecular complexity index is 1040. The number of anilines is 1. The first-order valence-electron chi connectivity index (χ1n) is 10.6. The molecule has 1 aliphatic heterocycles. The third-order valence-corrected chi connectivity index (χ3v) is 6.24. The summed E-state index contributed by atoms with van der Waals surface area (Å²) in [4.78, 5) is 23.2. The van der Waals surface area contributed by atoms with E-state index in [0.717, 1.165) is 60.8 Å². The Morgan fingerprint density at radius 2 is 2.00 bits per heavy atom. The molecule has 0 atom stereocenters. The van der Waals surface area contributed by atoms with Crippen molar-refractivity contribution in [2.24, 2.45) is 5.92 Å². The van der Waals surface area contributed by atoms with Gasteiger partial charge in [-0.1, -0.05) is 6.07 Å². The molecule has 3 heterocycles. The van der Waals surface area contributed by atoms with E-state index in [0.29, 0.717) is 5.92 Å². The second-order valence-electron chi connectivity index (χ2n) is 8.69. The molecule has 6 heteroatoms. The minimum atomic E-state index is -0.349. The van der Waals surface area contributed by atoms with Gasteiger partial charge in [-0.25, -0.2) is 4.98 Å². The number of carbonyl (C=O) groups excluding carboxylic acids is 1. The van der Waals surface area contributed by atoms with Gasteiger partial charge in [-0.15, -0.1) is 0 Å². The van der Waals surface area contributed by atoms with E-state index in [1.54, 1.807) is 18.9 Å². The van der Waals surface area contributed by atoms with Crippen molar-refractivity contribution in [2.45, 2.75) is 45.6 Å². The Morgan fingerprint density at radius 3 is 2.67 bits per heavy atom. The Labute approximate surface area is 177 Å². The van der Waals surface area contributed by atoms with Crippen LogP contribution in [-0.4, -0.2) is 40.7 Å². The van der Waals surface area contributed by atoms with Gasteiger partial charge in [-0.2, -0.15) is 0 Å². The molecular weight excluding hydrogens is 376 g/mol. The van der Waals surface area contributed by atoms with Gasteiger partial charge < -0.3 is 14.2 Å². The fraction of sp³-hybridized carbons (Fsp3) is 0.458. The van der Waals surface area contributed by atoms with E-state index in [9.17, 15) is 4.79 Å². The third kappa shape index (κ3) is 3.84. The molecule has 0 unspecified atom stereocenters. The SMILES string of the molecule is CC(=O)N(C)c1ccc2c(c1)nc(C(C)(C)c1ccccn1)n2CC1CCOCC1.